The Hall–Kier alpha value is -4.19. The van der Waals surface area contributed by atoms with Crippen LogP contribution in [0.2, 0.25) is 0 Å². The average Bonchev–Trinajstić information content (AvgIpc) is 2.85. The number of anilines is 2. The Balaban J connectivity index is 1.33. The predicted molar refractivity (Wildman–Crippen MR) is 134 cm³/mol. The number of nitrogens with zero attached hydrogens (tertiary/aromatic N) is 1. The summed E-state index contributed by atoms with van der Waals surface area (Å²) in [5, 5.41) is 6.79. The number of nitrogens with one attached hydrogen (secondary N) is 2. The summed E-state index contributed by atoms with van der Waals surface area (Å²) < 4.78 is 5.69. The topological polar surface area (TPSA) is 80.3 Å². The van der Waals surface area contributed by atoms with Crippen molar-refractivity contribution in [1.82, 2.24) is 4.98 Å². The lowest BCUT2D eigenvalue weighted by atomic mass is 10.0. The molecule has 0 saturated carbocycles. The van der Waals surface area contributed by atoms with Gasteiger partial charge in [-0.15, -0.1) is 0 Å². The average molecular weight is 452 g/mol. The summed E-state index contributed by atoms with van der Waals surface area (Å²) in [4.78, 5) is 30.2. The van der Waals surface area contributed by atoms with Crippen molar-refractivity contribution in [3.05, 3.63) is 94.7 Å². The Bertz CT molecular complexity index is 1430. The summed E-state index contributed by atoms with van der Waals surface area (Å²) in [6.45, 7) is 4.52. The first-order valence-corrected chi connectivity index (χ1v) is 11.3. The van der Waals surface area contributed by atoms with E-state index in [-0.39, 0.29) is 11.8 Å². The first-order chi connectivity index (χ1) is 16.5. The molecule has 6 nitrogen and oxygen atoms in total. The van der Waals surface area contributed by atoms with Gasteiger partial charge in [-0.3, -0.25) is 14.6 Å². The van der Waals surface area contributed by atoms with Crippen LogP contribution in [-0.2, 0) is 6.42 Å². The summed E-state index contributed by atoms with van der Waals surface area (Å²) >= 11 is 0. The molecule has 1 aliphatic rings. The van der Waals surface area contributed by atoms with Gasteiger partial charge in [-0.1, -0.05) is 18.2 Å². The Labute approximate surface area is 198 Å². The number of hydrogen-bond acceptors (Lipinski definition) is 4. The molecule has 0 fully saturated rings. The minimum atomic E-state index is -0.226. The molecule has 2 amide bonds. The lowest BCUT2D eigenvalue weighted by Gasteiger charge is -2.18. The third-order valence-electron chi connectivity index (χ3n) is 6.01. The maximum atomic E-state index is 12.9. The molecular weight excluding hydrogens is 426 g/mol. The van der Waals surface area contributed by atoms with Gasteiger partial charge in [0.25, 0.3) is 11.8 Å². The molecule has 0 radical (unpaired) electrons. The van der Waals surface area contributed by atoms with E-state index in [4.69, 9.17) is 4.74 Å². The second-order valence-electron chi connectivity index (χ2n) is 8.57. The quantitative estimate of drug-likeness (QED) is 0.418. The zero-order valence-corrected chi connectivity index (χ0v) is 19.1. The smallest absolute Gasteiger partial charge is 0.255 e. The number of amides is 2. The van der Waals surface area contributed by atoms with Crippen molar-refractivity contribution < 1.29 is 14.3 Å². The van der Waals surface area contributed by atoms with E-state index in [1.165, 1.54) is 0 Å². The van der Waals surface area contributed by atoms with Crippen LogP contribution in [0.5, 0.6) is 5.75 Å². The van der Waals surface area contributed by atoms with Crippen molar-refractivity contribution in [2.45, 2.75) is 26.7 Å². The van der Waals surface area contributed by atoms with Gasteiger partial charge in [0.2, 0.25) is 0 Å². The highest BCUT2D eigenvalue weighted by Gasteiger charge is 2.15. The predicted octanol–water partition coefficient (Wildman–Crippen LogP) is 5.68. The number of benzene rings is 3. The van der Waals surface area contributed by atoms with E-state index >= 15 is 0 Å². The number of pyridine rings is 1. The number of carbonyl (C=O) groups is 2. The minimum Gasteiger partial charge on any atom is -0.493 e. The minimum absolute atomic E-state index is 0.221. The molecule has 0 saturated heterocycles. The van der Waals surface area contributed by atoms with E-state index in [1.54, 1.807) is 18.2 Å². The molecule has 0 aliphatic carbocycles. The number of fused-ring (bicyclic) bond motifs is 2. The van der Waals surface area contributed by atoms with Crippen LogP contribution in [-0.4, -0.2) is 23.4 Å². The van der Waals surface area contributed by atoms with Crippen LogP contribution < -0.4 is 15.4 Å². The largest absolute Gasteiger partial charge is 0.493 e. The number of aryl methyl sites for hydroxylation is 3. The van der Waals surface area contributed by atoms with Crippen LogP contribution in [0.15, 0.2) is 66.7 Å². The van der Waals surface area contributed by atoms with Crippen molar-refractivity contribution in [3.8, 4) is 5.75 Å². The molecule has 0 unspecified atom stereocenters. The Morgan fingerprint density at radius 3 is 2.53 bits per heavy atom. The van der Waals surface area contributed by atoms with Gasteiger partial charge in [-0.25, -0.2) is 0 Å². The van der Waals surface area contributed by atoms with Crippen molar-refractivity contribution in [2.24, 2.45) is 0 Å². The van der Waals surface area contributed by atoms with E-state index in [0.717, 1.165) is 46.3 Å². The molecule has 4 aromatic rings. The van der Waals surface area contributed by atoms with Gasteiger partial charge < -0.3 is 15.4 Å². The van der Waals surface area contributed by atoms with E-state index in [2.05, 4.69) is 15.6 Å². The number of hydrogen-bond donors (Lipinski definition) is 2. The first-order valence-electron chi connectivity index (χ1n) is 11.3. The maximum Gasteiger partial charge on any atom is 0.255 e. The maximum absolute atomic E-state index is 12.9. The molecule has 2 N–H and O–H groups in total. The molecule has 0 bridgehead atoms. The SMILES string of the molecule is Cc1ccc2cc(C(=O)Nc3cc(NC(=O)c4ccc5c(c4)OCCC5)ccc3C)ccc2n1. The molecule has 34 heavy (non-hydrogen) atoms. The Morgan fingerprint density at radius 1 is 0.853 bits per heavy atom. The summed E-state index contributed by atoms with van der Waals surface area (Å²) in [5.41, 5.74) is 6.12. The summed E-state index contributed by atoms with van der Waals surface area (Å²) in [6.07, 6.45) is 1.96. The van der Waals surface area contributed by atoms with Gasteiger partial charge in [0.15, 0.2) is 0 Å². The van der Waals surface area contributed by atoms with E-state index < -0.39 is 0 Å². The van der Waals surface area contributed by atoms with Crippen LogP contribution in [0.25, 0.3) is 10.9 Å². The monoisotopic (exact) mass is 451 g/mol. The Morgan fingerprint density at radius 2 is 1.65 bits per heavy atom. The first kappa shape index (κ1) is 21.6. The van der Waals surface area contributed by atoms with E-state index in [1.807, 2.05) is 62.4 Å². The highest BCUT2D eigenvalue weighted by atomic mass is 16.5. The van der Waals surface area contributed by atoms with Gasteiger partial charge in [0, 0.05) is 33.6 Å². The van der Waals surface area contributed by atoms with Crippen LogP contribution in [0.3, 0.4) is 0 Å². The molecule has 0 spiro atoms. The highest BCUT2D eigenvalue weighted by Crippen LogP contribution is 2.27. The summed E-state index contributed by atoms with van der Waals surface area (Å²) in [6, 6.07) is 20.3. The molecular formula is C28H25N3O3. The molecule has 170 valence electrons. The fourth-order valence-corrected chi connectivity index (χ4v) is 4.08. The second-order valence-corrected chi connectivity index (χ2v) is 8.57. The molecule has 0 atom stereocenters. The molecule has 1 aliphatic heterocycles. The van der Waals surface area contributed by atoms with Crippen molar-refractivity contribution >= 4 is 34.1 Å². The molecule has 6 heteroatoms. The zero-order valence-electron chi connectivity index (χ0n) is 19.1. The zero-order chi connectivity index (χ0) is 23.7. The normalized spacial score (nSPS) is 12.5. The highest BCUT2D eigenvalue weighted by molar-refractivity contribution is 6.08. The molecule has 5 rings (SSSR count). The number of carbonyl (C=O) groups excluding carboxylic acids is 2. The Kier molecular flexibility index (Phi) is 5.72. The van der Waals surface area contributed by atoms with Gasteiger partial charge >= 0.3 is 0 Å². The molecule has 3 aromatic carbocycles. The fourth-order valence-electron chi connectivity index (χ4n) is 4.08. The summed E-state index contributed by atoms with van der Waals surface area (Å²) in [5.74, 6) is 0.327. The van der Waals surface area contributed by atoms with Gasteiger partial charge in [0.1, 0.15) is 5.75 Å². The standard InChI is InChI=1S/C28H25N3O3/c1-17-5-11-23(30-27(32)22-9-8-19-4-3-13-34-26(19)15-22)16-25(17)31-28(33)21-10-12-24-20(14-21)7-6-18(2)29-24/h5-12,14-16H,3-4,13H2,1-2H3,(H,30,32)(H,31,33). The molecule has 1 aromatic heterocycles. The summed E-state index contributed by atoms with van der Waals surface area (Å²) in [7, 11) is 0. The number of aromatic nitrogens is 1. The van der Waals surface area contributed by atoms with Crippen LogP contribution >= 0.6 is 0 Å². The van der Waals surface area contributed by atoms with Gasteiger partial charge in [-0.2, -0.15) is 0 Å². The molecule has 2 heterocycles. The van der Waals surface area contributed by atoms with Crippen molar-refractivity contribution in [3.63, 3.8) is 0 Å². The van der Waals surface area contributed by atoms with Crippen molar-refractivity contribution in [2.75, 3.05) is 17.2 Å². The second kappa shape index (κ2) is 8.98. The fraction of sp³-hybridized carbons (Fsp3) is 0.179. The lowest BCUT2D eigenvalue weighted by molar-refractivity contribution is 0.101. The third kappa shape index (κ3) is 4.48. The number of ether oxygens (including phenoxy) is 1. The van der Waals surface area contributed by atoms with Gasteiger partial charge in [-0.05, 0) is 86.3 Å². The van der Waals surface area contributed by atoms with E-state index in [0.29, 0.717) is 29.1 Å². The van der Waals surface area contributed by atoms with Crippen LogP contribution in [0.1, 0.15) is 44.0 Å². The van der Waals surface area contributed by atoms with Crippen LogP contribution in [0, 0.1) is 13.8 Å². The third-order valence-corrected chi connectivity index (χ3v) is 6.01. The number of rotatable bonds is 4. The lowest BCUT2D eigenvalue weighted by Crippen LogP contribution is -2.15. The van der Waals surface area contributed by atoms with Crippen LogP contribution in [0.4, 0.5) is 11.4 Å². The van der Waals surface area contributed by atoms with Gasteiger partial charge in [0.05, 0.1) is 12.1 Å². The van der Waals surface area contributed by atoms with E-state index in [9.17, 15) is 9.59 Å². The van der Waals surface area contributed by atoms with Crippen molar-refractivity contribution in [1.29, 1.82) is 0 Å².